The molecule has 1 aromatic rings. The lowest BCUT2D eigenvalue weighted by atomic mass is 10.2. The summed E-state index contributed by atoms with van der Waals surface area (Å²) in [6, 6.07) is 3.80. The summed E-state index contributed by atoms with van der Waals surface area (Å²) in [5, 5.41) is 9.43. The molecule has 3 N–H and O–H groups in total. The van der Waals surface area contributed by atoms with E-state index in [1.807, 2.05) is 26.0 Å². The second-order valence-electron chi connectivity index (χ2n) is 6.67. The Balaban J connectivity index is 1.98. The van der Waals surface area contributed by atoms with Crippen molar-refractivity contribution in [1.29, 1.82) is 0 Å². The van der Waals surface area contributed by atoms with E-state index in [2.05, 4.69) is 9.88 Å². The number of allylic oxidation sites excluding steroid dienone is 1. The van der Waals surface area contributed by atoms with Crippen LogP contribution in [-0.2, 0) is 11.3 Å². The fraction of sp³-hybridized carbons (Fsp3) is 0.579. The van der Waals surface area contributed by atoms with Crippen molar-refractivity contribution >= 4 is 33.8 Å². The number of pyridine rings is 1. The molecule has 2 rings (SSSR count). The summed E-state index contributed by atoms with van der Waals surface area (Å²) >= 11 is 0. The summed E-state index contributed by atoms with van der Waals surface area (Å²) in [5.74, 6) is 1.48. The van der Waals surface area contributed by atoms with Gasteiger partial charge in [0.2, 0.25) is 6.41 Å². The first-order valence-corrected chi connectivity index (χ1v) is 11.6. The van der Waals surface area contributed by atoms with E-state index in [1.54, 1.807) is 26.5 Å². The largest absolute Gasteiger partial charge is 0.396 e. The molecule has 0 spiro atoms. The Bertz CT molecular complexity index is 649. The first kappa shape index (κ1) is 22.1. The first-order chi connectivity index (χ1) is 13.0. The minimum Gasteiger partial charge on any atom is -0.396 e. The number of aliphatic hydroxyl groups excluding tert-OH is 1. The van der Waals surface area contributed by atoms with Crippen molar-refractivity contribution in [2.75, 3.05) is 37.7 Å². The number of amides is 1. The van der Waals surface area contributed by atoms with Crippen molar-refractivity contribution in [2.45, 2.75) is 39.7 Å². The molecule has 0 saturated carbocycles. The Labute approximate surface area is 170 Å². The number of carbonyl (C=O) groups excluding carboxylic acids is 1. The quantitative estimate of drug-likeness (QED) is 0.330. The lowest BCUT2D eigenvalue weighted by molar-refractivity contribution is -0.116. The molecule has 1 saturated heterocycles. The minimum atomic E-state index is 0.0628. The van der Waals surface area contributed by atoms with Crippen LogP contribution in [0.3, 0.4) is 0 Å². The predicted octanol–water partition coefficient (Wildman–Crippen LogP) is 3.02. The van der Waals surface area contributed by atoms with Gasteiger partial charge in [0.1, 0.15) is 5.82 Å². The number of anilines is 1. The topological polar surface area (TPSA) is 82.7 Å². The van der Waals surface area contributed by atoms with E-state index < -0.39 is 0 Å². The monoisotopic (exact) mass is 410 g/mol. The number of nitrogens with zero attached hydrogens (tertiary/aromatic N) is 3. The number of nitrogens with two attached hydrogens (primary N) is 1. The van der Waals surface area contributed by atoms with Gasteiger partial charge in [0.25, 0.3) is 0 Å². The molecule has 1 fully saturated rings. The van der Waals surface area contributed by atoms with E-state index in [0.717, 1.165) is 40.6 Å². The molecule has 0 radical (unpaired) electrons. The molecule has 0 bridgehead atoms. The third-order valence-electron chi connectivity index (χ3n) is 4.64. The highest BCUT2D eigenvalue weighted by Crippen LogP contribution is 2.35. The second-order valence-corrected chi connectivity index (χ2v) is 9.18. The van der Waals surface area contributed by atoms with Crippen LogP contribution in [0, 0.1) is 6.92 Å². The van der Waals surface area contributed by atoms with E-state index in [9.17, 15) is 9.90 Å². The lowest BCUT2D eigenvalue weighted by Gasteiger charge is -2.22. The van der Waals surface area contributed by atoms with Crippen LogP contribution in [0.25, 0.3) is 0 Å². The summed E-state index contributed by atoms with van der Waals surface area (Å²) < 4.78 is 0. The molecule has 2 heterocycles. The van der Waals surface area contributed by atoms with Gasteiger partial charge >= 0.3 is 0 Å². The number of aryl methyl sites for hydroxylation is 1. The maximum atomic E-state index is 11.7. The van der Waals surface area contributed by atoms with Crippen LogP contribution < -0.4 is 5.73 Å². The van der Waals surface area contributed by atoms with E-state index in [0.29, 0.717) is 18.8 Å². The van der Waals surface area contributed by atoms with Crippen LogP contribution >= 0.6 is 21.6 Å². The van der Waals surface area contributed by atoms with Crippen molar-refractivity contribution in [3.63, 3.8) is 0 Å². The fourth-order valence-corrected chi connectivity index (χ4v) is 5.47. The summed E-state index contributed by atoms with van der Waals surface area (Å²) in [6.45, 7) is 7.74. The van der Waals surface area contributed by atoms with Gasteiger partial charge in [-0.05, 0) is 45.8 Å². The number of rotatable bonds is 11. The molecule has 0 aromatic carbocycles. The Morgan fingerprint density at radius 2 is 2.15 bits per heavy atom. The summed E-state index contributed by atoms with van der Waals surface area (Å²) in [5.41, 5.74) is 8.53. The predicted molar refractivity (Wildman–Crippen MR) is 115 cm³/mol. The first-order valence-electron chi connectivity index (χ1n) is 9.31. The van der Waals surface area contributed by atoms with Crippen molar-refractivity contribution < 1.29 is 9.90 Å². The SMILES string of the molecule is C/C(=C(\CCO)SSCCN1CCCC1)N(C=O)Cc1ccc(C)nc1N. The van der Waals surface area contributed by atoms with Crippen molar-refractivity contribution in [3.8, 4) is 0 Å². The Kier molecular flexibility index (Phi) is 9.47. The molecular formula is C19H30N4O2S2. The minimum absolute atomic E-state index is 0.0628. The van der Waals surface area contributed by atoms with E-state index in [4.69, 9.17) is 5.73 Å². The average molecular weight is 411 g/mol. The molecule has 0 aliphatic carbocycles. The van der Waals surface area contributed by atoms with Crippen molar-refractivity contribution in [2.24, 2.45) is 0 Å². The van der Waals surface area contributed by atoms with Crippen LogP contribution in [0.5, 0.6) is 0 Å². The Morgan fingerprint density at radius 3 is 2.78 bits per heavy atom. The van der Waals surface area contributed by atoms with Gasteiger partial charge in [-0.1, -0.05) is 27.7 Å². The fourth-order valence-electron chi connectivity index (χ4n) is 2.99. The normalized spacial score (nSPS) is 15.7. The molecule has 6 nitrogen and oxygen atoms in total. The third kappa shape index (κ3) is 7.03. The highest BCUT2D eigenvalue weighted by atomic mass is 33.1. The zero-order valence-electron chi connectivity index (χ0n) is 16.2. The molecule has 27 heavy (non-hydrogen) atoms. The second kappa shape index (κ2) is 11.6. The maximum Gasteiger partial charge on any atom is 0.214 e. The molecule has 0 unspecified atom stereocenters. The number of nitrogen functional groups attached to an aromatic ring is 1. The Hall–Kier alpha value is -1.22. The van der Waals surface area contributed by atoms with Crippen LogP contribution in [0.15, 0.2) is 22.7 Å². The van der Waals surface area contributed by atoms with Gasteiger partial charge in [0.15, 0.2) is 0 Å². The standard InChI is InChI=1S/C19H30N4O2S2/c1-15-5-6-17(19(20)21-15)13-23(14-25)16(2)18(7-11-24)27-26-12-10-22-8-3-4-9-22/h5-6,14,24H,3-4,7-13H2,1-2H3,(H2,20,21)/b18-16-. The van der Waals surface area contributed by atoms with Gasteiger partial charge in [-0.3, -0.25) is 4.79 Å². The molecule has 1 aliphatic heterocycles. The van der Waals surface area contributed by atoms with Gasteiger partial charge in [-0.2, -0.15) is 0 Å². The zero-order chi connectivity index (χ0) is 19.6. The van der Waals surface area contributed by atoms with Crippen LogP contribution in [0.1, 0.15) is 37.4 Å². The smallest absolute Gasteiger partial charge is 0.214 e. The highest BCUT2D eigenvalue weighted by Gasteiger charge is 2.15. The van der Waals surface area contributed by atoms with Crippen molar-refractivity contribution in [1.82, 2.24) is 14.8 Å². The molecule has 150 valence electrons. The third-order valence-corrected chi connectivity index (χ3v) is 7.27. The maximum absolute atomic E-state index is 11.7. The molecule has 1 amide bonds. The molecule has 1 aliphatic rings. The average Bonchev–Trinajstić information content (AvgIpc) is 3.16. The van der Waals surface area contributed by atoms with E-state index in [-0.39, 0.29) is 6.61 Å². The summed E-state index contributed by atoms with van der Waals surface area (Å²) in [4.78, 5) is 21.1. The lowest BCUT2D eigenvalue weighted by Crippen LogP contribution is -2.22. The number of hydrogen-bond acceptors (Lipinski definition) is 7. The number of hydrogen-bond donors (Lipinski definition) is 2. The molecule has 1 aromatic heterocycles. The van der Waals surface area contributed by atoms with Gasteiger partial charge in [-0.25, -0.2) is 4.98 Å². The summed E-state index contributed by atoms with van der Waals surface area (Å²) in [7, 11) is 3.44. The van der Waals surface area contributed by atoms with Crippen molar-refractivity contribution in [3.05, 3.63) is 34.0 Å². The van der Waals surface area contributed by atoms with Gasteiger partial charge in [-0.15, -0.1) is 0 Å². The van der Waals surface area contributed by atoms with E-state index in [1.165, 1.54) is 25.9 Å². The van der Waals surface area contributed by atoms with Gasteiger partial charge in [0, 0.05) is 47.2 Å². The highest BCUT2D eigenvalue weighted by molar-refractivity contribution is 8.78. The number of aromatic nitrogens is 1. The molecule has 0 atom stereocenters. The number of likely N-dealkylation sites (tertiary alicyclic amines) is 1. The van der Waals surface area contributed by atoms with Gasteiger partial charge in [0.05, 0.1) is 6.54 Å². The van der Waals surface area contributed by atoms with Gasteiger partial charge < -0.3 is 20.6 Å². The van der Waals surface area contributed by atoms with Crippen LogP contribution in [-0.4, -0.2) is 58.3 Å². The van der Waals surface area contributed by atoms with Crippen LogP contribution in [0.2, 0.25) is 0 Å². The summed E-state index contributed by atoms with van der Waals surface area (Å²) in [6.07, 6.45) is 3.97. The molecular weight excluding hydrogens is 380 g/mol. The number of aliphatic hydroxyl groups is 1. The van der Waals surface area contributed by atoms with E-state index >= 15 is 0 Å². The molecule has 8 heteroatoms. The number of carbonyl (C=O) groups is 1. The zero-order valence-corrected chi connectivity index (χ0v) is 17.8. The van der Waals surface area contributed by atoms with Crippen LogP contribution in [0.4, 0.5) is 5.82 Å². The Morgan fingerprint density at radius 1 is 1.41 bits per heavy atom.